The van der Waals surface area contributed by atoms with E-state index in [1.54, 1.807) is 18.2 Å². The first-order valence-corrected chi connectivity index (χ1v) is 9.34. The third-order valence-electron chi connectivity index (χ3n) is 4.62. The maximum absolute atomic E-state index is 12.4. The Kier molecular flexibility index (Phi) is 6.00. The molecule has 1 fully saturated rings. The van der Waals surface area contributed by atoms with Crippen molar-refractivity contribution in [2.24, 2.45) is 5.92 Å². The van der Waals surface area contributed by atoms with Gasteiger partial charge in [0.25, 0.3) is 5.91 Å². The van der Waals surface area contributed by atoms with Crippen molar-refractivity contribution in [1.29, 1.82) is 0 Å². The molecule has 1 saturated heterocycles. The molecule has 25 heavy (non-hydrogen) atoms. The average molecular weight is 377 g/mol. The molecule has 2 aromatic rings. The van der Waals surface area contributed by atoms with Crippen LogP contribution in [0.5, 0.6) is 0 Å². The molecular formula is C20H22Cl2N2O. The number of rotatable bonds is 4. The first kappa shape index (κ1) is 18.2. The van der Waals surface area contributed by atoms with Crippen LogP contribution < -0.4 is 5.32 Å². The van der Waals surface area contributed by atoms with E-state index in [2.05, 4.69) is 17.1 Å². The molecule has 0 bridgehead atoms. The maximum atomic E-state index is 12.4. The molecule has 0 unspecified atom stereocenters. The number of halogens is 2. The number of nitrogens with zero attached hydrogens (tertiary/aromatic N) is 1. The van der Waals surface area contributed by atoms with Crippen LogP contribution in [0.25, 0.3) is 0 Å². The first-order chi connectivity index (χ1) is 12.0. The largest absolute Gasteiger partial charge is 0.322 e. The summed E-state index contributed by atoms with van der Waals surface area (Å²) in [5.41, 5.74) is 2.44. The maximum Gasteiger partial charge on any atom is 0.255 e. The van der Waals surface area contributed by atoms with Crippen molar-refractivity contribution in [3.63, 3.8) is 0 Å². The summed E-state index contributed by atoms with van der Waals surface area (Å²) >= 11 is 11.9. The standard InChI is InChI=1S/C20H22Cl2N2O/c1-14-6-8-24(9-7-14)13-15-2-4-16(5-3-15)20(25)23-19-11-17(21)10-18(22)12-19/h2-5,10-12,14H,6-9,13H2,1H3,(H,23,25). The summed E-state index contributed by atoms with van der Waals surface area (Å²) in [6.45, 7) is 5.56. The van der Waals surface area contributed by atoms with Gasteiger partial charge >= 0.3 is 0 Å². The molecule has 3 rings (SSSR count). The van der Waals surface area contributed by atoms with Crippen LogP contribution in [0.1, 0.15) is 35.7 Å². The molecule has 0 aliphatic carbocycles. The van der Waals surface area contributed by atoms with E-state index >= 15 is 0 Å². The van der Waals surface area contributed by atoms with Crippen molar-refractivity contribution in [3.8, 4) is 0 Å². The van der Waals surface area contributed by atoms with Gasteiger partial charge in [0.05, 0.1) is 0 Å². The van der Waals surface area contributed by atoms with E-state index in [-0.39, 0.29) is 5.91 Å². The molecular weight excluding hydrogens is 355 g/mol. The minimum Gasteiger partial charge on any atom is -0.322 e. The minimum atomic E-state index is -0.170. The highest BCUT2D eigenvalue weighted by atomic mass is 35.5. The highest BCUT2D eigenvalue weighted by molar-refractivity contribution is 6.35. The van der Waals surface area contributed by atoms with Crippen LogP contribution in [0.4, 0.5) is 5.69 Å². The van der Waals surface area contributed by atoms with E-state index in [9.17, 15) is 4.79 Å². The van der Waals surface area contributed by atoms with Crippen LogP contribution in [-0.2, 0) is 6.54 Å². The summed E-state index contributed by atoms with van der Waals surface area (Å²) in [5, 5.41) is 3.82. The number of hydrogen-bond donors (Lipinski definition) is 1. The number of piperidine rings is 1. The Bertz CT molecular complexity index is 718. The molecule has 1 amide bonds. The molecule has 5 heteroatoms. The zero-order valence-electron chi connectivity index (χ0n) is 14.3. The molecule has 0 radical (unpaired) electrons. The summed E-state index contributed by atoms with van der Waals surface area (Å²) in [7, 11) is 0. The molecule has 1 aliphatic rings. The van der Waals surface area contributed by atoms with Crippen molar-refractivity contribution in [2.45, 2.75) is 26.3 Å². The van der Waals surface area contributed by atoms with Gasteiger partial charge in [-0.15, -0.1) is 0 Å². The normalized spacial score (nSPS) is 16.0. The third kappa shape index (κ3) is 5.21. The fourth-order valence-electron chi connectivity index (χ4n) is 3.07. The van der Waals surface area contributed by atoms with Crippen LogP contribution in [0.15, 0.2) is 42.5 Å². The van der Waals surface area contributed by atoms with Gasteiger partial charge in [-0.2, -0.15) is 0 Å². The van der Waals surface area contributed by atoms with Gasteiger partial charge in [-0.3, -0.25) is 9.69 Å². The molecule has 3 nitrogen and oxygen atoms in total. The smallest absolute Gasteiger partial charge is 0.255 e. The van der Waals surface area contributed by atoms with Crippen molar-refractivity contribution >= 4 is 34.8 Å². The summed E-state index contributed by atoms with van der Waals surface area (Å²) in [4.78, 5) is 14.8. The molecule has 0 spiro atoms. The van der Waals surface area contributed by atoms with Gasteiger partial charge in [0.2, 0.25) is 0 Å². The van der Waals surface area contributed by atoms with Gasteiger partial charge in [0.1, 0.15) is 0 Å². The zero-order chi connectivity index (χ0) is 17.8. The number of anilines is 1. The number of amides is 1. The SMILES string of the molecule is CC1CCN(Cc2ccc(C(=O)Nc3cc(Cl)cc(Cl)c3)cc2)CC1. The molecule has 1 aliphatic heterocycles. The number of hydrogen-bond acceptors (Lipinski definition) is 2. The van der Waals surface area contributed by atoms with Gasteiger partial charge in [-0.05, 0) is 67.7 Å². The number of likely N-dealkylation sites (tertiary alicyclic amines) is 1. The molecule has 132 valence electrons. The second-order valence-electron chi connectivity index (χ2n) is 6.77. The first-order valence-electron chi connectivity index (χ1n) is 8.58. The van der Waals surface area contributed by atoms with Gasteiger partial charge in [0.15, 0.2) is 0 Å². The number of carbonyl (C=O) groups excluding carboxylic acids is 1. The lowest BCUT2D eigenvalue weighted by Gasteiger charge is -2.30. The Morgan fingerprint density at radius 3 is 2.28 bits per heavy atom. The molecule has 1 N–H and O–H groups in total. The molecule has 0 saturated carbocycles. The minimum absolute atomic E-state index is 0.170. The van der Waals surface area contributed by atoms with Gasteiger partial charge < -0.3 is 5.32 Å². The van der Waals surface area contributed by atoms with E-state index in [4.69, 9.17) is 23.2 Å². The predicted molar refractivity (Wildman–Crippen MR) is 105 cm³/mol. The fraction of sp³-hybridized carbons (Fsp3) is 0.350. The Morgan fingerprint density at radius 2 is 1.68 bits per heavy atom. The van der Waals surface area contributed by atoms with Gasteiger partial charge in [0, 0.05) is 27.8 Å². The zero-order valence-corrected chi connectivity index (χ0v) is 15.8. The lowest BCUT2D eigenvalue weighted by molar-refractivity contribution is 0.102. The number of benzene rings is 2. The summed E-state index contributed by atoms with van der Waals surface area (Å²) in [6, 6.07) is 12.8. The Labute approximate surface area is 158 Å². The van der Waals surface area contributed by atoms with Crippen LogP contribution in [0.3, 0.4) is 0 Å². The van der Waals surface area contributed by atoms with Gasteiger partial charge in [-0.1, -0.05) is 42.3 Å². The lowest BCUT2D eigenvalue weighted by Crippen LogP contribution is -2.32. The highest BCUT2D eigenvalue weighted by Crippen LogP contribution is 2.23. The van der Waals surface area contributed by atoms with Gasteiger partial charge in [-0.25, -0.2) is 0 Å². The van der Waals surface area contributed by atoms with E-state index in [1.165, 1.54) is 18.4 Å². The Hall–Kier alpha value is -1.55. The van der Waals surface area contributed by atoms with E-state index in [0.29, 0.717) is 21.3 Å². The Balaban J connectivity index is 1.60. The predicted octanol–water partition coefficient (Wildman–Crippen LogP) is 5.48. The van der Waals surface area contributed by atoms with E-state index in [0.717, 1.165) is 25.6 Å². The molecule has 0 atom stereocenters. The highest BCUT2D eigenvalue weighted by Gasteiger charge is 2.16. The number of carbonyl (C=O) groups is 1. The second kappa shape index (κ2) is 8.22. The average Bonchev–Trinajstić information content (AvgIpc) is 2.56. The van der Waals surface area contributed by atoms with Crippen molar-refractivity contribution in [1.82, 2.24) is 4.90 Å². The van der Waals surface area contributed by atoms with E-state index < -0.39 is 0 Å². The molecule has 2 aromatic carbocycles. The molecule has 1 heterocycles. The second-order valence-corrected chi connectivity index (χ2v) is 7.64. The van der Waals surface area contributed by atoms with Crippen molar-refractivity contribution in [2.75, 3.05) is 18.4 Å². The van der Waals surface area contributed by atoms with E-state index in [1.807, 2.05) is 24.3 Å². The van der Waals surface area contributed by atoms with Crippen LogP contribution >= 0.6 is 23.2 Å². The topological polar surface area (TPSA) is 32.3 Å². The monoisotopic (exact) mass is 376 g/mol. The summed E-state index contributed by atoms with van der Waals surface area (Å²) in [6.07, 6.45) is 2.53. The quantitative estimate of drug-likeness (QED) is 0.766. The summed E-state index contributed by atoms with van der Waals surface area (Å²) in [5.74, 6) is 0.666. The molecule has 0 aromatic heterocycles. The van der Waals surface area contributed by atoms with Crippen LogP contribution in [-0.4, -0.2) is 23.9 Å². The Morgan fingerprint density at radius 1 is 1.08 bits per heavy atom. The van der Waals surface area contributed by atoms with Crippen LogP contribution in [0, 0.1) is 5.92 Å². The lowest BCUT2D eigenvalue weighted by atomic mass is 9.99. The number of nitrogens with one attached hydrogen (secondary N) is 1. The third-order valence-corrected chi connectivity index (χ3v) is 5.06. The summed E-state index contributed by atoms with van der Waals surface area (Å²) < 4.78 is 0. The van der Waals surface area contributed by atoms with Crippen molar-refractivity contribution < 1.29 is 4.79 Å². The van der Waals surface area contributed by atoms with Crippen LogP contribution in [0.2, 0.25) is 10.0 Å². The van der Waals surface area contributed by atoms with Crippen molar-refractivity contribution in [3.05, 3.63) is 63.6 Å². The fourth-order valence-corrected chi connectivity index (χ4v) is 3.60.